The molecule has 1 N–H and O–H groups in total. The Bertz CT molecular complexity index is 727. The van der Waals surface area contributed by atoms with Crippen molar-refractivity contribution in [1.29, 1.82) is 0 Å². The number of furan rings is 1. The molecule has 1 atom stereocenters. The minimum absolute atomic E-state index is 0.0495. The molecule has 1 fully saturated rings. The lowest BCUT2D eigenvalue weighted by Crippen LogP contribution is -2.36. The standard InChI is InChI=1S/C17H17BrN2O3/c1-11-9-14(18)23-16(11)17(22)20-8-7-19-15(21)10-13(20)12-5-3-2-4-6-12/h2-6,9,13H,7-8,10H2,1H3,(H,19,21)/t13-/m1/s1. The SMILES string of the molecule is Cc1cc(Br)oc1C(=O)N1CCNC(=O)C[C@@H]1c1ccccc1. The van der Waals surface area contributed by atoms with Gasteiger partial charge in [-0.15, -0.1) is 0 Å². The van der Waals surface area contributed by atoms with E-state index in [1.807, 2.05) is 37.3 Å². The molecule has 5 nitrogen and oxygen atoms in total. The second-order valence-electron chi connectivity index (χ2n) is 5.54. The van der Waals surface area contributed by atoms with Crippen LogP contribution in [-0.2, 0) is 4.79 Å². The molecule has 0 unspecified atom stereocenters. The van der Waals surface area contributed by atoms with Gasteiger partial charge in [0.15, 0.2) is 10.4 Å². The fourth-order valence-electron chi connectivity index (χ4n) is 2.83. The molecule has 6 heteroatoms. The Labute approximate surface area is 142 Å². The van der Waals surface area contributed by atoms with Crippen LogP contribution in [0.5, 0.6) is 0 Å². The Hall–Kier alpha value is -2.08. The van der Waals surface area contributed by atoms with E-state index in [-0.39, 0.29) is 24.3 Å². The van der Waals surface area contributed by atoms with Gasteiger partial charge in [0.2, 0.25) is 5.91 Å². The number of carbonyl (C=O) groups excluding carboxylic acids is 2. The van der Waals surface area contributed by atoms with Gasteiger partial charge in [0.1, 0.15) is 0 Å². The van der Waals surface area contributed by atoms with Crippen LogP contribution >= 0.6 is 15.9 Å². The summed E-state index contributed by atoms with van der Waals surface area (Å²) in [5.41, 5.74) is 1.72. The van der Waals surface area contributed by atoms with E-state index >= 15 is 0 Å². The maximum atomic E-state index is 12.9. The average Bonchev–Trinajstić information content (AvgIpc) is 2.76. The van der Waals surface area contributed by atoms with Crippen molar-refractivity contribution in [2.75, 3.05) is 13.1 Å². The van der Waals surface area contributed by atoms with Crippen molar-refractivity contribution in [3.05, 3.63) is 58.0 Å². The maximum absolute atomic E-state index is 12.9. The first-order valence-electron chi connectivity index (χ1n) is 7.45. The van der Waals surface area contributed by atoms with Gasteiger partial charge in [-0.2, -0.15) is 0 Å². The Morgan fingerprint density at radius 1 is 1.35 bits per heavy atom. The predicted octanol–water partition coefficient (Wildman–Crippen LogP) is 3.05. The average molecular weight is 377 g/mol. The number of rotatable bonds is 2. The van der Waals surface area contributed by atoms with Gasteiger partial charge in [-0.05, 0) is 34.5 Å². The summed E-state index contributed by atoms with van der Waals surface area (Å²) in [7, 11) is 0. The van der Waals surface area contributed by atoms with Crippen molar-refractivity contribution < 1.29 is 14.0 Å². The molecule has 2 amide bonds. The highest BCUT2D eigenvalue weighted by molar-refractivity contribution is 9.10. The number of aryl methyl sites for hydroxylation is 1. The molecule has 3 rings (SSSR count). The minimum atomic E-state index is -0.297. The summed E-state index contributed by atoms with van der Waals surface area (Å²) in [6, 6.07) is 11.1. The number of hydrogen-bond acceptors (Lipinski definition) is 3. The number of benzene rings is 1. The molecule has 1 aliphatic rings. The third-order valence-corrected chi connectivity index (χ3v) is 4.35. The van der Waals surface area contributed by atoms with Crippen LogP contribution in [0.3, 0.4) is 0 Å². The molecule has 23 heavy (non-hydrogen) atoms. The van der Waals surface area contributed by atoms with E-state index in [1.165, 1.54) is 0 Å². The highest BCUT2D eigenvalue weighted by atomic mass is 79.9. The molecule has 0 aliphatic carbocycles. The highest BCUT2D eigenvalue weighted by Gasteiger charge is 2.32. The zero-order chi connectivity index (χ0) is 16.4. The lowest BCUT2D eigenvalue weighted by molar-refractivity contribution is -0.121. The predicted molar refractivity (Wildman–Crippen MR) is 89.0 cm³/mol. The Kier molecular flexibility index (Phi) is 4.52. The molecule has 2 aromatic rings. The van der Waals surface area contributed by atoms with Gasteiger partial charge in [-0.1, -0.05) is 30.3 Å². The molecule has 1 aromatic heterocycles. The summed E-state index contributed by atoms with van der Waals surface area (Å²) in [5, 5.41) is 2.83. The molecule has 1 aliphatic heterocycles. The molecule has 0 spiro atoms. The number of nitrogens with zero attached hydrogens (tertiary/aromatic N) is 1. The summed E-state index contributed by atoms with van der Waals surface area (Å²) in [5.74, 6) is 0.0669. The molecule has 1 saturated heterocycles. The van der Waals surface area contributed by atoms with Crippen molar-refractivity contribution in [1.82, 2.24) is 10.2 Å². The van der Waals surface area contributed by atoms with E-state index in [2.05, 4.69) is 21.2 Å². The van der Waals surface area contributed by atoms with E-state index in [0.29, 0.717) is 23.5 Å². The smallest absolute Gasteiger partial charge is 0.290 e. The largest absolute Gasteiger partial charge is 0.444 e. The van der Waals surface area contributed by atoms with Gasteiger partial charge in [0, 0.05) is 18.7 Å². The fourth-order valence-corrected chi connectivity index (χ4v) is 3.34. The van der Waals surface area contributed by atoms with Crippen LogP contribution < -0.4 is 5.32 Å². The first-order valence-corrected chi connectivity index (χ1v) is 8.24. The maximum Gasteiger partial charge on any atom is 0.290 e. The third-order valence-electron chi connectivity index (χ3n) is 3.96. The summed E-state index contributed by atoms with van der Waals surface area (Å²) < 4.78 is 6.03. The van der Waals surface area contributed by atoms with Crippen LogP contribution in [0.4, 0.5) is 0 Å². The van der Waals surface area contributed by atoms with Gasteiger partial charge in [-0.3, -0.25) is 9.59 Å². The van der Waals surface area contributed by atoms with Crippen LogP contribution in [0.25, 0.3) is 0 Å². The van der Waals surface area contributed by atoms with Crippen LogP contribution in [0.15, 0.2) is 45.5 Å². The first kappa shape index (κ1) is 15.8. The number of hydrogen-bond donors (Lipinski definition) is 1. The fraction of sp³-hybridized carbons (Fsp3) is 0.294. The molecular formula is C17H17BrN2O3. The van der Waals surface area contributed by atoms with Gasteiger partial charge < -0.3 is 14.6 Å². The number of amides is 2. The van der Waals surface area contributed by atoms with Crippen molar-refractivity contribution in [2.45, 2.75) is 19.4 Å². The molecule has 0 saturated carbocycles. The van der Waals surface area contributed by atoms with E-state index in [1.54, 1.807) is 11.0 Å². The summed E-state index contributed by atoms with van der Waals surface area (Å²) in [6.07, 6.45) is 0.247. The zero-order valence-electron chi connectivity index (χ0n) is 12.7. The van der Waals surface area contributed by atoms with Gasteiger partial charge in [-0.25, -0.2) is 0 Å². The van der Waals surface area contributed by atoms with E-state index in [9.17, 15) is 9.59 Å². The Morgan fingerprint density at radius 3 is 2.74 bits per heavy atom. The van der Waals surface area contributed by atoms with Gasteiger partial charge >= 0.3 is 0 Å². The van der Waals surface area contributed by atoms with Crippen molar-refractivity contribution in [3.8, 4) is 0 Å². The van der Waals surface area contributed by atoms with E-state index in [0.717, 1.165) is 11.1 Å². The van der Waals surface area contributed by atoms with Crippen molar-refractivity contribution in [3.63, 3.8) is 0 Å². The molecule has 120 valence electrons. The van der Waals surface area contributed by atoms with Crippen LogP contribution in [-0.4, -0.2) is 29.8 Å². The quantitative estimate of drug-likeness (QED) is 0.875. The summed E-state index contributed by atoms with van der Waals surface area (Å²) in [4.78, 5) is 26.6. The van der Waals surface area contributed by atoms with Crippen LogP contribution in [0, 0.1) is 6.92 Å². The van der Waals surface area contributed by atoms with Crippen molar-refractivity contribution >= 4 is 27.7 Å². The number of halogens is 1. The lowest BCUT2D eigenvalue weighted by atomic mass is 10.0. The van der Waals surface area contributed by atoms with E-state index < -0.39 is 0 Å². The van der Waals surface area contributed by atoms with Gasteiger partial charge in [0.25, 0.3) is 5.91 Å². The van der Waals surface area contributed by atoms with Gasteiger partial charge in [0.05, 0.1) is 12.5 Å². The van der Waals surface area contributed by atoms with Crippen molar-refractivity contribution in [2.24, 2.45) is 0 Å². The lowest BCUT2D eigenvalue weighted by Gasteiger charge is -2.29. The van der Waals surface area contributed by atoms with Crippen LogP contribution in [0.2, 0.25) is 0 Å². The monoisotopic (exact) mass is 376 g/mol. The Balaban J connectivity index is 1.97. The number of carbonyl (C=O) groups is 2. The number of nitrogens with one attached hydrogen (secondary N) is 1. The van der Waals surface area contributed by atoms with E-state index in [4.69, 9.17) is 4.42 Å². The third kappa shape index (κ3) is 3.32. The Morgan fingerprint density at radius 2 is 2.09 bits per heavy atom. The highest BCUT2D eigenvalue weighted by Crippen LogP contribution is 2.29. The molecular weight excluding hydrogens is 360 g/mol. The molecule has 2 heterocycles. The molecule has 0 radical (unpaired) electrons. The second-order valence-corrected chi connectivity index (χ2v) is 6.32. The minimum Gasteiger partial charge on any atom is -0.444 e. The van der Waals surface area contributed by atoms with Crippen LogP contribution in [0.1, 0.15) is 34.1 Å². The molecule has 0 bridgehead atoms. The second kappa shape index (κ2) is 6.58. The summed E-state index contributed by atoms with van der Waals surface area (Å²) in [6.45, 7) is 2.72. The zero-order valence-corrected chi connectivity index (χ0v) is 14.3. The topological polar surface area (TPSA) is 62.6 Å². The normalized spacial score (nSPS) is 18.4. The molecule has 1 aromatic carbocycles. The summed E-state index contributed by atoms with van der Waals surface area (Å²) >= 11 is 3.26. The first-order chi connectivity index (χ1) is 11.1.